The molecule has 1 aromatic heterocycles. The number of aromatic nitrogens is 1. The number of nitro benzene ring substituents is 1. The number of ether oxygens (including phenoxy) is 2. The van der Waals surface area contributed by atoms with Gasteiger partial charge in [0, 0.05) is 37.8 Å². The van der Waals surface area contributed by atoms with E-state index < -0.39 is 6.04 Å². The molecule has 0 N–H and O–H groups in total. The van der Waals surface area contributed by atoms with Gasteiger partial charge in [0.15, 0.2) is 4.80 Å². The molecule has 1 fully saturated rings. The number of carbonyl (C=O) groups excluding carboxylic acids is 1. The molecule has 0 saturated carbocycles. The van der Waals surface area contributed by atoms with Crippen LogP contribution in [0, 0.1) is 10.1 Å². The van der Waals surface area contributed by atoms with Crippen molar-refractivity contribution in [1.82, 2.24) is 9.47 Å². The van der Waals surface area contributed by atoms with Crippen molar-refractivity contribution in [2.24, 2.45) is 4.99 Å². The molecule has 232 valence electrons. The molecule has 1 saturated heterocycles. The lowest BCUT2D eigenvalue weighted by atomic mass is 9.93. The van der Waals surface area contributed by atoms with Crippen molar-refractivity contribution in [1.29, 1.82) is 0 Å². The Bertz CT molecular complexity index is 1800. The SMILES string of the molecule is CCN(CC)C(=O)C1=C(C)N=c2s/c(=C\c3ccc(N4CCCCC4)c([N+](=O)[O-])c3)c(=O)n2[C@@H]1c1cc(OC)ccc1OC. The number of nitrogens with zero attached hydrogens (tertiary/aromatic N) is 5. The molecule has 2 aliphatic heterocycles. The number of likely N-dealkylation sites (N-methyl/N-ethyl adjacent to an activating group) is 1. The minimum absolute atomic E-state index is 0.00960. The maximum atomic E-state index is 14.2. The number of fused-ring (bicyclic) bond motifs is 1. The average Bonchev–Trinajstić information content (AvgIpc) is 3.34. The van der Waals surface area contributed by atoms with Crippen LogP contribution in [0.25, 0.3) is 6.08 Å². The lowest BCUT2D eigenvalue weighted by molar-refractivity contribution is -0.384. The Morgan fingerprint density at radius 3 is 2.48 bits per heavy atom. The van der Waals surface area contributed by atoms with Gasteiger partial charge in [-0.15, -0.1) is 0 Å². The number of anilines is 1. The first-order valence-electron chi connectivity index (χ1n) is 14.8. The average molecular weight is 620 g/mol. The van der Waals surface area contributed by atoms with E-state index in [0.717, 1.165) is 32.4 Å². The molecule has 1 atom stereocenters. The van der Waals surface area contributed by atoms with E-state index >= 15 is 0 Å². The number of allylic oxidation sites excluding steroid dienone is 1. The van der Waals surface area contributed by atoms with E-state index in [0.29, 0.717) is 62.0 Å². The number of methoxy groups -OCH3 is 2. The van der Waals surface area contributed by atoms with Gasteiger partial charge in [0.2, 0.25) is 0 Å². The second-order valence-corrected chi connectivity index (χ2v) is 11.7. The fourth-order valence-corrected chi connectivity index (χ4v) is 7.00. The summed E-state index contributed by atoms with van der Waals surface area (Å²) in [5.74, 6) is 0.825. The van der Waals surface area contributed by atoms with Crippen LogP contribution in [-0.4, -0.2) is 60.7 Å². The molecule has 0 radical (unpaired) electrons. The number of amides is 1. The number of hydrogen-bond donors (Lipinski definition) is 0. The van der Waals surface area contributed by atoms with E-state index in [9.17, 15) is 19.7 Å². The first-order chi connectivity index (χ1) is 21.2. The zero-order chi connectivity index (χ0) is 31.5. The molecule has 0 bridgehead atoms. The fourth-order valence-electron chi connectivity index (χ4n) is 5.95. The van der Waals surface area contributed by atoms with Crippen LogP contribution in [0.3, 0.4) is 0 Å². The molecule has 0 spiro atoms. The van der Waals surface area contributed by atoms with Gasteiger partial charge in [0.05, 0.1) is 34.9 Å². The summed E-state index contributed by atoms with van der Waals surface area (Å²) in [7, 11) is 3.09. The molecule has 2 aromatic carbocycles. The molecule has 5 rings (SSSR count). The third kappa shape index (κ3) is 5.73. The van der Waals surface area contributed by atoms with Crippen molar-refractivity contribution in [2.45, 2.75) is 46.1 Å². The van der Waals surface area contributed by atoms with Crippen molar-refractivity contribution >= 4 is 34.7 Å². The van der Waals surface area contributed by atoms with E-state index in [2.05, 4.69) is 4.90 Å². The number of nitro groups is 1. The number of rotatable bonds is 9. The van der Waals surface area contributed by atoms with Crippen LogP contribution in [0.4, 0.5) is 11.4 Å². The first kappa shape index (κ1) is 31.0. The Morgan fingerprint density at radius 2 is 1.84 bits per heavy atom. The second kappa shape index (κ2) is 13.0. The number of hydrogen-bond acceptors (Lipinski definition) is 9. The maximum absolute atomic E-state index is 14.2. The zero-order valence-electron chi connectivity index (χ0n) is 25.7. The van der Waals surface area contributed by atoms with Gasteiger partial charge < -0.3 is 19.3 Å². The predicted molar refractivity (Wildman–Crippen MR) is 170 cm³/mol. The summed E-state index contributed by atoms with van der Waals surface area (Å²) in [6.07, 6.45) is 4.77. The summed E-state index contributed by atoms with van der Waals surface area (Å²) in [6.45, 7) is 8.12. The van der Waals surface area contributed by atoms with Crippen molar-refractivity contribution in [2.75, 3.05) is 45.3 Å². The van der Waals surface area contributed by atoms with Gasteiger partial charge in [-0.1, -0.05) is 17.4 Å². The number of carbonyl (C=O) groups is 1. The van der Waals surface area contributed by atoms with Crippen molar-refractivity contribution in [3.05, 3.63) is 88.6 Å². The minimum Gasteiger partial charge on any atom is -0.497 e. The monoisotopic (exact) mass is 619 g/mol. The molecular weight excluding hydrogens is 582 g/mol. The highest BCUT2D eigenvalue weighted by atomic mass is 32.1. The van der Waals surface area contributed by atoms with Crippen LogP contribution in [0.2, 0.25) is 0 Å². The third-order valence-electron chi connectivity index (χ3n) is 8.22. The van der Waals surface area contributed by atoms with Crippen LogP contribution < -0.4 is 29.3 Å². The molecule has 11 nitrogen and oxygen atoms in total. The van der Waals surface area contributed by atoms with Crippen molar-refractivity contribution in [3.63, 3.8) is 0 Å². The van der Waals surface area contributed by atoms with Gasteiger partial charge in [-0.3, -0.25) is 24.3 Å². The van der Waals surface area contributed by atoms with Gasteiger partial charge in [0.1, 0.15) is 23.2 Å². The highest BCUT2D eigenvalue weighted by molar-refractivity contribution is 7.07. The van der Waals surface area contributed by atoms with Gasteiger partial charge in [-0.05, 0) is 75.9 Å². The Kier molecular flexibility index (Phi) is 9.19. The summed E-state index contributed by atoms with van der Waals surface area (Å²) in [4.78, 5) is 48.7. The largest absolute Gasteiger partial charge is 0.497 e. The standard InChI is InChI=1S/C32H37N5O6S/c1-6-34(7-2)31(39)28-20(3)33-32-36(29(28)23-19-22(42-4)12-14-26(23)43-5)30(38)27(44-32)18-21-11-13-24(25(17-21)37(40)41)35-15-9-8-10-16-35/h11-14,17-19,29H,6-10,15-16H2,1-5H3/b27-18-/t29-/m1/s1. The summed E-state index contributed by atoms with van der Waals surface area (Å²) in [5, 5.41) is 12.1. The van der Waals surface area contributed by atoms with E-state index in [1.807, 2.05) is 13.8 Å². The van der Waals surface area contributed by atoms with E-state index in [1.165, 1.54) is 29.1 Å². The van der Waals surface area contributed by atoms with Crippen molar-refractivity contribution < 1.29 is 19.2 Å². The molecule has 12 heteroatoms. The van der Waals surface area contributed by atoms with Crippen LogP contribution >= 0.6 is 11.3 Å². The number of thiazole rings is 1. The molecular formula is C32H37N5O6S. The van der Waals surface area contributed by atoms with E-state index in [-0.39, 0.29) is 22.1 Å². The van der Waals surface area contributed by atoms with Gasteiger partial charge in [0.25, 0.3) is 17.2 Å². The summed E-state index contributed by atoms with van der Waals surface area (Å²) < 4.78 is 13.1. The van der Waals surface area contributed by atoms with Crippen LogP contribution in [0.1, 0.15) is 57.2 Å². The van der Waals surface area contributed by atoms with Crippen LogP contribution in [0.15, 0.2) is 57.5 Å². The molecule has 44 heavy (non-hydrogen) atoms. The first-order valence-corrected chi connectivity index (χ1v) is 15.6. The maximum Gasteiger partial charge on any atom is 0.293 e. The molecule has 2 aliphatic rings. The summed E-state index contributed by atoms with van der Waals surface area (Å²) in [6, 6.07) is 9.54. The summed E-state index contributed by atoms with van der Waals surface area (Å²) in [5.41, 5.74) is 2.25. The third-order valence-corrected chi connectivity index (χ3v) is 9.21. The Balaban J connectivity index is 1.70. The topological polar surface area (TPSA) is 120 Å². The lowest BCUT2D eigenvalue weighted by Gasteiger charge is -2.30. The Labute approximate surface area is 259 Å². The Hall–Kier alpha value is -4.45. The highest BCUT2D eigenvalue weighted by Crippen LogP contribution is 2.38. The molecule has 3 heterocycles. The normalized spacial score (nSPS) is 16.8. The quantitative estimate of drug-likeness (QED) is 0.262. The van der Waals surface area contributed by atoms with Gasteiger partial charge in [-0.25, -0.2) is 4.99 Å². The second-order valence-electron chi connectivity index (χ2n) is 10.7. The lowest BCUT2D eigenvalue weighted by Crippen LogP contribution is -2.43. The Morgan fingerprint density at radius 1 is 1.11 bits per heavy atom. The minimum atomic E-state index is -0.831. The van der Waals surface area contributed by atoms with Crippen LogP contribution in [-0.2, 0) is 4.79 Å². The molecule has 0 aliphatic carbocycles. The van der Waals surface area contributed by atoms with Gasteiger partial charge in [-0.2, -0.15) is 0 Å². The fraction of sp³-hybridized carbons (Fsp3) is 0.406. The van der Waals surface area contributed by atoms with E-state index in [1.54, 1.807) is 55.3 Å². The molecule has 3 aromatic rings. The smallest absolute Gasteiger partial charge is 0.293 e. The zero-order valence-corrected chi connectivity index (χ0v) is 26.5. The predicted octanol–water partition coefficient (Wildman–Crippen LogP) is 4.02. The van der Waals surface area contributed by atoms with Gasteiger partial charge >= 0.3 is 0 Å². The summed E-state index contributed by atoms with van der Waals surface area (Å²) >= 11 is 1.18. The van der Waals surface area contributed by atoms with Crippen LogP contribution in [0.5, 0.6) is 11.5 Å². The molecule has 0 unspecified atom stereocenters. The molecule has 1 amide bonds. The number of benzene rings is 2. The van der Waals surface area contributed by atoms with E-state index in [4.69, 9.17) is 14.5 Å². The number of piperidine rings is 1. The highest BCUT2D eigenvalue weighted by Gasteiger charge is 2.36. The van der Waals surface area contributed by atoms with Crippen molar-refractivity contribution in [3.8, 4) is 11.5 Å².